The number of nitrogens with one attached hydrogen (secondary N) is 1. The van der Waals surface area contributed by atoms with E-state index in [0.29, 0.717) is 5.57 Å². The Balaban J connectivity index is 2.31. The zero-order valence-electron chi connectivity index (χ0n) is 10.8. The van der Waals surface area contributed by atoms with Gasteiger partial charge in [0.25, 0.3) is 0 Å². The lowest BCUT2D eigenvalue weighted by atomic mass is 9.94. The molecule has 0 radical (unpaired) electrons. The third-order valence-corrected chi connectivity index (χ3v) is 3.36. The highest BCUT2D eigenvalue weighted by Gasteiger charge is 2.20. The van der Waals surface area contributed by atoms with Crippen molar-refractivity contribution in [3.05, 3.63) is 53.2 Å². The van der Waals surface area contributed by atoms with Gasteiger partial charge in [-0.05, 0) is 44.2 Å². The SMILES string of the molecule is Cc1ccc2[nH]c(C)c(C3=CC(=O)C=CC3=O)c2c1. The number of hydrogen-bond donors (Lipinski definition) is 1. The Morgan fingerprint density at radius 3 is 2.63 bits per heavy atom. The Labute approximate surface area is 110 Å². The van der Waals surface area contributed by atoms with Gasteiger partial charge in [-0.2, -0.15) is 0 Å². The lowest BCUT2D eigenvalue weighted by Crippen LogP contribution is -2.07. The van der Waals surface area contributed by atoms with Crippen molar-refractivity contribution in [1.29, 1.82) is 0 Å². The fourth-order valence-corrected chi connectivity index (χ4v) is 2.49. The third-order valence-electron chi connectivity index (χ3n) is 3.36. The van der Waals surface area contributed by atoms with E-state index in [1.165, 1.54) is 18.2 Å². The van der Waals surface area contributed by atoms with Gasteiger partial charge in [0.15, 0.2) is 11.6 Å². The number of aryl methyl sites for hydroxylation is 2. The second-order valence-corrected chi connectivity index (χ2v) is 4.83. The van der Waals surface area contributed by atoms with Crippen LogP contribution in [0.2, 0.25) is 0 Å². The maximum atomic E-state index is 12.0. The molecular weight excluding hydrogens is 238 g/mol. The lowest BCUT2D eigenvalue weighted by Gasteiger charge is -2.07. The minimum atomic E-state index is -0.143. The van der Waals surface area contributed by atoms with Gasteiger partial charge in [-0.1, -0.05) is 11.6 Å². The van der Waals surface area contributed by atoms with Crippen LogP contribution in [0.4, 0.5) is 0 Å². The second-order valence-electron chi connectivity index (χ2n) is 4.83. The second kappa shape index (κ2) is 4.05. The molecular formula is C16H13NO2. The van der Waals surface area contributed by atoms with Gasteiger partial charge >= 0.3 is 0 Å². The molecule has 1 N–H and O–H groups in total. The molecule has 0 aliphatic heterocycles. The highest BCUT2D eigenvalue weighted by atomic mass is 16.1. The molecule has 3 nitrogen and oxygen atoms in total. The summed E-state index contributed by atoms with van der Waals surface area (Å²) < 4.78 is 0. The Morgan fingerprint density at radius 2 is 1.84 bits per heavy atom. The van der Waals surface area contributed by atoms with Crippen molar-refractivity contribution in [2.75, 3.05) is 0 Å². The van der Waals surface area contributed by atoms with Crippen LogP contribution in [-0.4, -0.2) is 16.6 Å². The molecule has 1 aromatic carbocycles. The Bertz CT molecular complexity index is 775. The molecule has 19 heavy (non-hydrogen) atoms. The number of fused-ring (bicyclic) bond motifs is 1. The lowest BCUT2D eigenvalue weighted by molar-refractivity contribution is -0.113. The van der Waals surface area contributed by atoms with E-state index in [1.807, 2.05) is 32.0 Å². The normalized spacial score (nSPS) is 15.2. The first-order valence-corrected chi connectivity index (χ1v) is 6.13. The first-order valence-electron chi connectivity index (χ1n) is 6.13. The van der Waals surface area contributed by atoms with Crippen LogP contribution in [-0.2, 0) is 9.59 Å². The molecule has 0 atom stereocenters. The zero-order chi connectivity index (χ0) is 13.6. The molecule has 3 rings (SSSR count). The van der Waals surface area contributed by atoms with Crippen LogP contribution < -0.4 is 0 Å². The number of hydrogen-bond acceptors (Lipinski definition) is 2. The molecule has 1 aromatic heterocycles. The molecule has 94 valence electrons. The topological polar surface area (TPSA) is 49.9 Å². The number of ketones is 2. The van der Waals surface area contributed by atoms with Crippen LogP contribution in [0.15, 0.2) is 36.4 Å². The largest absolute Gasteiger partial charge is 0.358 e. The molecule has 2 aromatic rings. The van der Waals surface area contributed by atoms with Crippen molar-refractivity contribution in [2.45, 2.75) is 13.8 Å². The molecule has 1 aliphatic rings. The van der Waals surface area contributed by atoms with Crippen molar-refractivity contribution in [1.82, 2.24) is 4.98 Å². The van der Waals surface area contributed by atoms with Gasteiger partial charge in [0.1, 0.15) is 0 Å². The predicted octanol–water partition coefficient (Wildman–Crippen LogP) is 2.88. The van der Waals surface area contributed by atoms with E-state index in [4.69, 9.17) is 0 Å². The quantitative estimate of drug-likeness (QED) is 0.792. The van der Waals surface area contributed by atoms with Crippen molar-refractivity contribution >= 4 is 28.0 Å². The Kier molecular flexibility index (Phi) is 2.49. The van der Waals surface area contributed by atoms with E-state index in [2.05, 4.69) is 4.98 Å². The number of aromatic nitrogens is 1. The van der Waals surface area contributed by atoms with Crippen LogP contribution in [0.3, 0.4) is 0 Å². The standard InChI is InChI=1S/C16H13NO2/c1-9-3-5-14-12(7-9)16(10(2)17-14)13-8-11(18)4-6-15(13)19/h3-8,17H,1-2H3. The average Bonchev–Trinajstić information content (AvgIpc) is 2.68. The third kappa shape index (κ3) is 1.83. The molecule has 0 amide bonds. The first kappa shape index (κ1) is 11.7. The van der Waals surface area contributed by atoms with E-state index in [-0.39, 0.29) is 11.6 Å². The van der Waals surface area contributed by atoms with Gasteiger partial charge in [0.05, 0.1) is 0 Å². The van der Waals surface area contributed by atoms with Crippen LogP contribution >= 0.6 is 0 Å². The van der Waals surface area contributed by atoms with Crippen molar-refractivity contribution in [3.63, 3.8) is 0 Å². The summed E-state index contributed by atoms with van der Waals surface area (Å²) in [5.41, 5.74) is 4.32. The van der Waals surface area contributed by atoms with Gasteiger partial charge in [-0.25, -0.2) is 0 Å². The van der Waals surface area contributed by atoms with E-state index in [0.717, 1.165) is 27.7 Å². The summed E-state index contributed by atoms with van der Waals surface area (Å²) in [6.45, 7) is 3.93. The van der Waals surface area contributed by atoms with Crippen LogP contribution in [0, 0.1) is 13.8 Å². The number of carbonyl (C=O) groups is 2. The van der Waals surface area contributed by atoms with Crippen LogP contribution in [0.1, 0.15) is 16.8 Å². The molecule has 0 saturated heterocycles. The molecule has 1 aliphatic carbocycles. The molecule has 0 bridgehead atoms. The van der Waals surface area contributed by atoms with Gasteiger partial charge in [-0.3, -0.25) is 9.59 Å². The van der Waals surface area contributed by atoms with Crippen molar-refractivity contribution in [2.24, 2.45) is 0 Å². The summed E-state index contributed by atoms with van der Waals surface area (Å²) in [7, 11) is 0. The van der Waals surface area contributed by atoms with Crippen LogP contribution in [0.5, 0.6) is 0 Å². The summed E-state index contributed by atoms with van der Waals surface area (Å²) in [4.78, 5) is 26.8. The number of H-pyrrole nitrogens is 1. The van der Waals surface area contributed by atoms with E-state index < -0.39 is 0 Å². The molecule has 3 heteroatoms. The number of aromatic amines is 1. The van der Waals surface area contributed by atoms with Crippen molar-refractivity contribution < 1.29 is 9.59 Å². The van der Waals surface area contributed by atoms with Gasteiger partial charge in [0, 0.05) is 27.7 Å². The van der Waals surface area contributed by atoms with E-state index >= 15 is 0 Å². The average molecular weight is 251 g/mol. The fourth-order valence-electron chi connectivity index (χ4n) is 2.49. The fraction of sp³-hybridized carbons (Fsp3) is 0.125. The number of rotatable bonds is 1. The maximum Gasteiger partial charge on any atom is 0.186 e. The highest BCUT2D eigenvalue weighted by molar-refractivity contribution is 6.35. The summed E-state index contributed by atoms with van der Waals surface area (Å²) >= 11 is 0. The number of carbonyl (C=O) groups excluding carboxylic acids is 2. The molecule has 0 unspecified atom stereocenters. The maximum absolute atomic E-state index is 12.0. The summed E-state index contributed by atoms with van der Waals surface area (Å²) in [6.07, 6.45) is 4.06. The minimum Gasteiger partial charge on any atom is -0.358 e. The molecule has 1 heterocycles. The van der Waals surface area contributed by atoms with Gasteiger partial charge < -0.3 is 4.98 Å². The van der Waals surface area contributed by atoms with Crippen molar-refractivity contribution in [3.8, 4) is 0 Å². The van der Waals surface area contributed by atoms with Gasteiger partial charge in [0.2, 0.25) is 0 Å². The summed E-state index contributed by atoms with van der Waals surface area (Å²) in [6, 6.07) is 6.04. The number of benzene rings is 1. The van der Waals surface area contributed by atoms with E-state index in [1.54, 1.807) is 0 Å². The smallest absolute Gasteiger partial charge is 0.186 e. The number of allylic oxidation sites excluding steroid dienone is 4. The van der Waals surface area contributed by atoms with Gasteiger partial charge in [-0.15, -0.1) is 0 Å². The molecule has 0 spiro atoms. The summed E-state index contributed by atoms with van der Waals surface area (Å²) in [5, 5.41) is 0.986. The predicted molar refractivity (Wildman–Crippen MR) is 74.9 cm³/mol. The zero-order valence-corrected chi connectivity index (χ0v) is 10.8. The molecule has 0 fully saturated rings. The Morgan fingerprint density at radius 1 is 1.05 bits per heavy atom. The summed E-state index contributed by atoms with van der Waals surface area (Å²) in [5.74, 6) is -0.263. The monoisotopic (exact) mass is 251 g/mol. The Hall–Kier alpha value is -2.42. The highest BCUT2D eigenvalue weighted by Crippen LogP contribution is 2.31. The van der Waals surface area contributed by atoms with Crippen LogP contribution in [0.25, 0.3) is 16.5 Å². The minimum absolute atomic E-state index is 0.120. The first-order chi connectivity index (χ1) is 9.06. The molecule has 0 saturated carbocycles. The van der Waals surface area contributed by atoms with E-state index in [9.17, 15) is 9.59 Å².